The standard InChI is InChI=1S/C9H14O4/c1-8(6(10)12-3)5-9(8,2)7(11)13-4/h5H2,1-4H3/t8-,9+. The van der Waals surface area contributed by atoms with Gasteiger partial charge in [-0.1, -0.05) is 0 Å². The molecule has 0 aromatic rings. The predicted octanol–water partition coefficient (Wildman–Crippen LogP) is 0.749. The van der Waals surface area contributed by atoms with E-state index in [-0.39, 0.29) is 11.9 Å². The molecule has 0 aromatic heterocycles. The Morgan fingerprint density at radius 2 is 1.31 bits per heavy atom. The number of methoxy groups -OCH3 is 2. The zero-order valence-electron chi connectivity index (χ0n) is 8.34. The first-order valence-corrected chi connectivity index (χ1v) is 4.09. The van der Waals surface area contributed by atoms with Crippen LogP contribution >= 0.6 is 0 Å². The Bertz CT molecular complexity index is 234. The number of rotatable bonds is 2. The van der Waals surface area contributed by atoms with E-state index in [1.165, 1.54) is 14.2 Å². The van der Waals surface area contributed by atoms with Crippen molar-refractivity contribution in [2.75, 3.05) is 14.2 Å². The Hall–Kier alpha value is -1.06. The molecule has 1 saturated carbocycles. The van der Waals surface area contributed by atoms with Crippen LogP contribution in [0.25, 0.3) is 0 Å². The maximum absolute atomic E-state index is 11.3. The van der Waals surface area contributed by atoms with E-state index in [1.54, 1.807) is 13.8 Å². The molecule has 0 saturated heterocycles. The highest BCUT2D eigenvalue weighted by molar-refractivity contribution is 5.93. The summed E-state index contributed by atoms with van der Waals surface area (Å²) in [5.74, 6) is -0.694. The van der Waals surface area contributed by atoms with Crippen LogP contribution in [0.3, 0.4) is 0 Å². The highest BCUT2D eigenvalue weighted by Crippen LogP contribution is 2.64. The number of carbonyl (C=O) groups excluding carboxylic acids is 2. The molecule has 0 unspecified atom stereocenters. The molecule has 1 aliphatic carbocycles. The first-order valence-electron chi connectivity index (χ1n) is 4.09. The summed E-state index contributed by atoms with van der Waals surface area (Å²) in [4.78, 5) is 22.6. The van der Waals surface area contributed by atoms with E-state index in [1.807, 2.05) is 0 Å². The molecule has 1 fully saturated rings. The highest BCUT2D eigenvalue weighted by atomic mass is 16.5. The molecule has 1 aliphatic rings. The van der Waals surface area contributed by atoms with Gasteiger partial charge in [-0.25, -0.2) is 0 Å². The molecule has 0 amide bonds. The normalized spacial score (nSPS) is 36.6. The average Bonchev–Trinajstić information content (AvgIpc) is 2.69. The van der Waals surface area contributed by atoms with Crippen molar-refractivity contribution in [3.8, 4) is 0 Å². The second-order valence-electron chi connectivity index (χ2n) is 3.82. The van der Waals surface area contributed by atoms with E-state index < -0.39 is 10.8 Å². The van der Waals surface area contributed by atoms with Crippen LogP contribution in [0.2, 0.25) is 0 Å². The topological polar surface area (TPSA) is 52.6 Å². The third-order valence-corrected chi connectivity index (χ3v) is 3.07. The van der Waals surface area contributed by atoms with Crippen molar-refractivity contribution < 1.29 is 19.1 Å². The van der Waals surface area contributed by atoms with Crippen LogP contribution in [0, 0.1) is 10.8 Å². The summed E-state index contributed by atoms with van der Waals surface area (Å²) in [6, 6.07) is 0. The van der Waals surface area contributed by atoms with Gasteiger partial charge < -0.3 is 9.47 Å². The molecule has 1 rings (SSSR count). The third kappa shape index (κ3) is 1.12. The number of carbonyl (C=O) groups is 2. The molecular formula is C9H14O4. The number of ether oxygens (including phenoxy) is 2. The van der Waals surface area contributed by atoms with E-state index in [0.717, 1.165) is 0 Å². The Labute approximate surface area is 77.2 Å². The van der Waals surface area contributed by atoms with Gasteiger partial charge >= 0.3 is 11.9 Å². The lowest BCUT2D eigenvalue weighted by Crippen LogP contribution is -2.27. The third-order valence-electron chi connectivity index (χ3n) is 3.07. The van der Waals surface area contributed by atoms with Crippen molar-refractivity contribution in [1.29, 1.82) is 0 Å². The zero-order valence-corrected chi connectivity index (χ0v) is 8.34. The number of hydrogen-bond donors (Lipinski definition) is 0. The fourth-order valence-corrected chi connectivity index (χ4v) is 1.71. The monoisotopic (exact) mass is 186 g/mol. The Morgan fingerprint density at radius 3 is 1.54 bits per heavy atom. The summed E-state index contributed by atoms with van der Waals surface area (Å²) in [7, 11) is 2.65. The van der Waals surface area contributed by atoms with Gasteiger partial charge in [0.1, 0.15) is 0 Å². The van der Waals surface area contributed by atoms with Crippen LogP contribution in [-0.2, 0) is 19.1 Å². The molecular weight excluding hydrogens is 172 g/mol. The first-order chi connectivity index (χ1) is 5.92. The van der Waals surface area contributed by atoms with Crippen molar-refractivity contribution in [1.82, 2.24) is 0 Å². The molecule has 0 heterocycles. The molecule has 13 heavy (non-hydrogen) atoms. The summed E-state index contributed by atoms with van der Waals surface area (Å²) in [5, 5.41) is 0. The van der Waals surface area contributed by atoms with Gasteiger partial charge in [0, 0.05) is 0 Å². The Balaban J connectivity index is 2.81. The average molecular weight is 186 g/mol. The zero-order chi connectivity index (χ0) is 10.3. The molecule has 4 heteroatoms. The summed E-state index contributed by atoms with van der Waals surface area (Å²) < 4.78 is 9.24. The Kier molecular flexibility index (Phi) is 2.10. The molecule has 0 aromatic carbocycles. The van der Waals surface area contributed by atoms with Gasteiger partial charge in [-0.05, 0) is 20.3 Å². The molecule has 0 bridgehead atoms. The second kappa shape index (κ2) is 2.72. The van der Waals surface area contributed by atoms with Crippen molar-refractivity contribution >= 4 is 11.9 Å². The minimum atomic E-state index is -0.700. The minimum Gasteiger partial charge on any atom is -0.469 e. The van der Waals surface area contributed by atoms with Crippen LogP contribution in [0.1, 0.15) is 20.3 Å². The van der Waals surface area contributed by atoms with E-state index in [2.05, 4.69) is 9.47 Å². The summed E-state index contributed by atoms with van der Waals surface area (Å²) >= 11 is 0. The lowest BCUT2D eigenvalue weighted by atomic mass is 9.96. The lowest BCUT2D eigenvalue weighted by molar-refractivity contribution is -0.156. The van der Waals surface area contributed by atoms with Crippen molar-refractivity contribution in [2.45, 2.75) is 20.3 Å². The van der Waals surface area contributed by atoms with E-state index in [9.17, 15) is 9.59 Å². The van der Waals surface area contributed by atoms with Gasteiger partial charge in [-0.3, -0.25) is 9.59 Å². The largest absolute Gasteiger partial charge is 0.469 e. The fraction of sp³-hybridized carbons (Fsp3) is 0.778. The molecule has 74 valence electrons. The lowest BCUT2D eigenvalue weighted by Gasteiger charge is -2.13. The van der Waals surface area contributed by atoms with Gasteiger partial charge in [0.15, 0.2) is 0 Å². The van der Waals surface area contributed by atoms with Crippen LogP contribution in [0.5, 0.6) is 0 Å². The van der Waals surface area contributed by atoms with Gasteiger partial charge in [-0.15, -0.1) is 0 Å². The van der Waals surface area contributed by atoms with Crippen LogP contribution in [0.15, 0.2) is 0 Å². The van der Waals surface area contributed by atoms with Crippen LogP contribution in [-0.4, -0.2) is 26.2 Å². The first kappa shape index (κ1) is 10.0. The molecule has 0 radical (unpaired) electrons. The van der Waals surface area contributed by atoms with Gasteiger partial charge in [0.25, 0.3) is 0 Å². The fourth-order valence-electron chi connectivity index (χ4n) is 1.71. The van der Waals surface area contributed by atoms with Crippen LogP contribution in [0.4, 0.5) is 0 Å². The van der Waals surface area contributed by atoms with Crippen molar-refractivity contribution in [3.05, 3.63) is 0 Å². The predicted molar refractivity (Wildman–Crippen MR) is 44.9 cm³/mol. The molecule has 0 aliphatic heterocycles. The molecule has 2 atom stereocenters. The van der Waals surface area contributed by atoms with E-state index in [4.69, 9.17) is 0 Å². The summed E-state index contributed by atoms with van der Waals surface area (Å²) in [6.45, 7) is 3.44. The van der Waals surface area contributed by atoms with E-state index in [0.29, 0.717) is 6.42 Å². The summed E-state index contributed by atoms with van der Waals surface area (Å²) in [6.07, 6.45) is 0.499. The number of hydrogen-bond acceptors (Lipinski definition) is 4. The quantitative estimate of drug-likeness (QED) is 0.597. The molecule has 0 spiro atoms. The SMILES string of the molecule is COC(=O)[C@]1(C)C[C@]1(C)C(=O)OC. The smallest absolute Gasteiger partial charge is 0.312 e. The number of esters is 2. The van der Waals surface area contributed by atoms with Crippen LogP contribution < -0.4 is 0 Å². The molecule has 4 nitrogen and oxygen atoms in total. The minimum absolute atomic E-state index is 0.347. The highest BCUT2D eigenvalue weighted by Gasteiger charge is 2.72. The van der Waals surface area contributed by atoms with E-state index >= 15 is 0 Å². The van der Waals surface area contributed by atoms with Gasteiger partial charge in [0.05, 0.1) is 25.0 Å². The summed E-state index contributed by atoms with van der Waals surface area (Å²) in [5.41, 5.74) is -1.40. The maximum Gasteiger partial charge on any atom is 0.312 e. The van der Waals surface area contributed by atoms with Crippen molar-refractivity contribution in [2.24, 2.45) is 10.8 Å². The maximum atomic E-state index is 11.3. The van der Waals surface area contributed by atoms with Crippen molar-refractivity contribution in [3.63, 3.8) is 0 Å². The van der Waals surface area contributed by atoms with Gasteiger partial charge in [0.2, 0.25) is 0 Å². The van der Waals surface area contributed by atoms with Gasteiger partial charge in [-0.2, -0.15) is 0 Å². The Morgan fingerprint density at radius 1 is 1.00 bits per heavy atom. The molecule has 0 N–H and O–H groups in total. The second-order valence-corrected chi connectivity index (χ2v) is 3.82.